The zero-order chi connectivity index (χ0) is 27.6. The van der Waals surface area contributed by atoms with Crippen LogP contribution in [0.4, 0.5) is 0 Å². The minimum Gasteiger partial charge on any atom is -0.393 e. The summed E-state index contributed by atoms with van der Waals surface area (Å²) >= 11 is 0. The molecule has 0 saturated heterocycles. The van der Waals surface area contributed by atoms with Crippen molar-refractivity contribution in [3.63, 3.8) is 0 Å². The maximum absolute atomic E-state index is 11.6. The molecule has 0 unspecified atom stereocenters. The number of nitrogens with one attached hydrogen (secondary N) is 2. The Kier molecular flexibility index (Phi) is 10.2. The number of fused-ring (bicyclic) bond motifs is 5. The summed E-state index contributed by atoms with van der Waals surface area (Å²) in [5, 5.41) is 18.9. The molecule has 0 aromatic rings. The van der Waals surface area contributed by atoms with Gasteiger partial charge in [-0.25, -0.2) is 4.18 Å². The average molecular weight is 558 g/mol. The van der Waals surface area contributed by atoms with Crippen LogP contribution in [0.1, 0.15) is 91.4 Å². The van der Waals surface area contributed by atoms with Gasteiger partial charge in [0.2, 0.25) is 0 Å². The predicted octanol–water partition coefficient (Wildman–Crippen LogP) is 3.75. The zero-order valence-electron chi connectivity index (χ0n) is 24.0. The number of rotatable bonds is 13. The second kappa shape index (κ2) is 12.7. The van der Waals surface area contributed by atoms with E-state index < -0.39 is 10.4 Å². The molecule has 222 valence electrons. The van der Waals surface area contributed by atoms with Crippen molar-refractivity contribution >= 4 is 10.4 Å². The summed E-state index contributed by atoms with van der Waals surface area (Å²) < 4.78 is 36.2. The number of hydrogen-bond donors (Lipinski definition) is 5. The highest BCUT2D eigenvalue weighted by atomic mass is 32.3. The van der Waals surface area contributed by atoms with Crippen molar-refractivity contribution in [2.24, 2.45) is 52.1 Å². The van der Waals surface area contributed by atoms with Crippen molar-refractivity contribution in [2.75, 3.05) is 32.8 Å². The Balaban J connectivity index is 1.32. The number of hydrogen-bond acceptors (Lipinski definition) is 7. The molecule has 4 aliphatic rings. The highest BCUT2D eigenvalue weighted by molar-refractivity contribution is 7.80. The Labute approximate surface area is 231 Å². The van der Waals surface area contributed by atoms with Crippen LogP contribution in [0.5, 0.6) is 0 Å². The molecule has 10 atom stereocenters. The van der Waals surface area contributed by atoms with Crippen LogP contribution in [0.2, 0.25) is 0 Å². The molecule has 0 aromatic carbocycles. The van der Waals surface area contributed by atoms with Crippen LogP contribution in [0.3, 0.4) is 0 Å². The molecule has 4 fully saturated rings. The third-order valence-corrected chi connectivity index (χ3v) is 12.1. The molecular weight excluding hydrogens is 502 g/mol. The third kappa shape index (κ3) is 6.60. The van der Waals surface area contributed by atoms with E-state index in [4.69, 9.17) is 14.5 Å². The van der Waals surface area contributed by atoms with E-state index >= 15 is 0 Å². The van der Waals surface area contributed by atoms with Gasteiger partial charge >= 0.3 is 10.4 Å². The van der Waals surface area contributed by atoms with Crippen LogP contribution in [-0.2, 0) is 14.6 Å². The Hall–Kier alpha value is -0.290. The van der Waals surface area contributed by atoms with Gasteiger partial charge in [-0.15, -0.1) is 0 Å². The normalized spacial score (nSPS) is 41.8. The highest BCUT2D eigenvalue weighted by Gasteiger charge is 2.62. The minimum atomic E-state index is -4.42. The standard InChI is InChI=1S/C29H55N3O5S/c1-20(19-37-38(34,35)36)23-7-8-24-27-25(10-12-29(23,24)3)28(2)11-9-22(17-21(28)18-26(27)33)32-16-6-15-31-14-5-4-13-30/h20-27,31-33H,4-19,30H2,1-3H3,(H,34,35,36)/t20-,21+,22-,23+,24-,25-,26+,27-,28-,29+/m0/s1. The van der Waals surface area contributed by atoms with Gasteiger partial charge in [-0.3, -0.25) is 4.55 Å². The Bertz CT molecular complexity index is 874. The van der Waals surface area contributed by atoms with Gasteiger partial charge in [0.25, 0.3) is 0 Å². The van der Waals surface area contributed by atoms with Crippen molar-refractivity contribution in [2.45, 2.75) is 104 Å². The summed E-state index contributed by atoms with van der Waals surface area (Å²) in [5.41, 5.74) is 5.94. The number of nitrogens with two attached hydrogens (primary N) is 1. The fourth-order valence-electron chi connectivity index (χ4n) is 9.73. The van der Waals surface area contributed by atoms with Crippen molar-refractivity contribution in [3.8, 4) is 0 Å². The van der Waals surface area contributed by atoms with Crippen LogP contribution in [0.15, 0.2) is 0 Å². The molecule has 0 bridgehead atoms. The van der Waals surface area contributed by atoms with Crippen LogP contribution in [0.25, 0.3) is 0 Å². The molecule has 38 heavy (non-hydrogen) atoms. The maximum Gasteiger partial charge on any atom is 0.397 e. The van der Waals surface area contributed by atoms with Crippen molar-refractivity contribution in [1.82, 2.24) is 10.6 Å². The SMILES string of the molecule is C[C@@H](COS(=O)(=O)O)[C@H]1CC[C@H]2[C@@H]3[C@H](O)C[C@H]4C[C@@H](NCCCNCCCCN)CC[C@]4(C)[C@H]3CC[C@]12C. The number of aliphatic hydroxyl groups is 1. The minimum absolute atomic E-state index is 0.0288. The maximum atomic E-state index is 11.6. The number of unbranched alkanes of at least 4 members (excludes halogenated alkanes) is 1. The van der Waals surface area contributed by atoms with Crippen molar-refractivity contribution < 1.29 is 22.3 Å². The van der Waals surface area contributed by atoms with Crippen LogP contribution in [-0.4, -0.2) is 63.0 Å². The summed E-state index contributed by atoms with van der Waals surface area (Å²) in [5.74, 6) is 2.35. The van der Waals surface area contributed by atoms with Crippen LogP contribution < -0.4 is 16.4 Å². The van der Waals surface area contributed by atoms with Gasteiger partial charge < -0.3 is 21.5 Å². The molecule has 0 radical (unpaired) electrons. The van der Waals surface area contributed by atoms with E-state index in [1.54, 1.807) is 0 Å². The van der Waals surface area contributed by atoms with E-state index in [0.29, 0.717) is 41.0 Å². The lowest BCUT2D eigenvalue weighted by molar-refractivity contribution is -0.167. The van der Waals surface area contributed by atoms with Gasteiger partial charge in [-0.05, 0) is 143 Å². The second-order valence-corrected chi connectivity index (χ2v) is 14.8. The molecule has 4 aliphatic carbocycles. The fourth-order valence-corrected chi connectivity index (χ4v) is 10.1. The fraction of sp³-hybridized carbons (Fsp3) is 1.00. The molecule has 0 amide bonds. The molecule has 6 N–H and O–H groups in total. The molecule has 0 spiro atoms. The van der Waals surface area contributed by atoms with Gasteiger partial charge in [0.15, 0.2) is 0 Å². The van der Waals surface area contributed by atoms with E-state index in [9.17, 15) is 13.5 Å². The van der Waals surface area contributed by atoms with Crippen molar-refractivity contribution in [3.05, 3.63) is 0 Å². The van der Waals surface area contributed by atoms with E-state index in [1.165, 1.54) is 19.3 Å². The van der Waals surface area contributed by atoms with E-state index in [2.05, 4.69) is 31.4 Å². The first kappa shape index (κ1) is 30.7. The lowest BCUT2D eigenvalue weighted by atomic mass is 9.43. The van der Waals surface area contributed by atoms with E-state index in [1.807, 2.05) is 0 Å². The van der Waals surface area contributed by atoms with Gasteiger partial charge in [0.05, 0.1) is 12.7 Å². The molecule has 4 rings (SSSR count). The predicted molar refractivity (Wildman–Crippen MR) is 151 cm³/mol. The van der Waals surface area contributed by atoms with Crippen LogP contribution in [0, 0.1) is 46.3 Å². The van der Waals surface area contributed by atoms with Gasteiger partial charge in [-0.1, -0.05) is 20.8 Å². The average Bonchev–Trinajstić information content (AvgIpc) is 3.21. The molecule has 8 nitrogen and oxygen atoms in total. The Morgan fingerprint density at radius 2 is 1.68 bits per heavy atom. The lowest BCUT2D eigenvalue weighted by Gasteiger charge is -2.62. The van der Waals surface area contributed by atoms with Gasteiger partial charge in [-0.2, -0.15) is 8.42 Å². The first-order valence-electron chi connectivity index (χ1n) is 15.4. The summed E-state index contributed by atoms with van der Waals surface area (Å²) in [6.07, 6.45) is 12.1. The second-order valence-electron chi connectivity index (χ2n) is 13.7. The van der Waals surface area contributed by atoms with Gasteiger partial charge in [0, 0.05) is 6.04 Å². The molecule has 0 aliphatic heterocycles. The summed E-state index contributed by atoms with van der Waals surface area (Å²) in [6.45, 7) is 10.9. The molecule has 0 aromatic heterocycles. The summed E-state index contributed by atoms with van der Waals surface area (Å²) in [4.78, 5) is 0. The zero-order valence-corrected chi connectivity index (χ0v) is 24.9. The molecule has 9 heteroatoms. The first-order chi connectivity index (χ1) is 18.0. The molecule has 0 heterocycles. The van der Waals surface area contributed by atoms with E-state index in [0.717, 1.165) is 77.5 Å². The lowest BCUT2D eigenvalue weighted by Crippen LogP contribution is -2.59. The molecular formula is C29H55N3O5S. The highest BCUT2D eigenvalue weighted by Crippen LogP contribution is 2.68. The van der Waals surface area contributed by atoms with Crippen LogP contribution >= 0.6 is 0 Å². The Morgan fingerprint density at radius 3 is 2.42 bits per heavy atom. The Morgan fingerprint density at radius 1 is 0.974 bits per heavy atom. The quantitative estimate of drug-likeness (QED) is 0.171. The van der Waals surface area contributed by atoms with E-state index in [-0.39, 0.29) is 24.0 Å². The smallest absolute Gasteiger partial charge is 0.393 e. The summed E-state index contributed by atoms with van der Waals surface area (Å²) in [6, 6.07) is 0.558. The largest absolute Gasteiger partial charge is 0.397 e. The first-order valence-corrected chi connectivity index (χ1v) is 16.8. The van der Waals surface area contributed by atoms with Crippen molar-refractivity contribution in [1.29, 1.82) is 0 Å². The number of aliphatic hydroxyl groups excluding tert-OH is 1. The topological polar surface area (TPSA) is 134 Å². The molecule has 4 saturated carbocycles. The van der Waals surface area contributed by atoms with Gasteiger partial charge in [0.1, 0.15) is 0 Å². The third-order valence-electron chi connectivity index (χ3n) is 11.7. The monoisotopic (exact) mass is 557 g/mol. The summed E-state index contributed by atoms with van der Waals surface area (Å²) in [7, 11) is -4.42.